The minimum atomic E-state index is -0.0466. The predicted molar refractivity (Wildman–Crippen MR) is 85.2 cm³/mol. The average molecular weight is 316 g/mol. The Morgan fingerprint density at radius 1 is 1.32 bits per heavy atom. The Kier molecular flexibility index (Phi) is 3.22. The number of hydrogen-bond acceptors (Lipinski definition) is 2. The summed E-state index contributed by atoms with van der Waals surface area (Å²) in [4.78, 5) is 12.6. The number of carbonyl (C=O) groups is 1. The second-order valence-electron chi connectivity index (χ2n) is 6.26. The molecule has 2 aliphatic carbocycles. The molecule has 1 aromatic carbocycles. The maximum atomic E-state index is 12.6. The van der Waals surface area contributed by atoms with Gasteiger partial charge in [-0.3, -0.25) is 9.48 Å². The zero-order valence-corrected chi connectivity index (χ0v) is 13.2. The van der Waals surface area contributed by atoms with Gasteiger partial charge in [0.15, 0.2) is 0 Å². The molecule has 0 spiro atoms. The highest BCUT2D eigenvalue weighted by Gasteiger charge is 2.29. The first-order valence-electron chi connectivity index (χ1n) is 7.75. The van der Waals surface area contributed by atoms with Gasteiger partial charge in [0, 0.05) is 18.0 Å². The van der Waals surface area contributed by atoms with Crippen molar-refractivity contribution in [3.8, 4) is 0 Å². The fourth-order valence-corrected chi connectivity index (χ4v) is 3.44. The number of fused-ring (bicyclic) bond motifs is 1. The van der Waals surface area contributed by atoms with E-state index in [4.69, 9.17) is 11.6 Å². The van der Waals surface area contributed by atoms with Crippen LogP contribution in [0.2, 0.25) is 5.02 Å². The van der Waals surface area contributed by atoms with Crippen molar-refractivity contribution in [1.82, 2.24) is 15.1 Å². The topological polar surface area (TPSA) is 46.9 Å². The smallest absolute Gasteiger partial charge is 0.270 e. The van der Waals surface area contributed by atoms with Crippen molar-refractivity contribution in [2.75, 3.05) is 0 Å². The maximum absolute atomic E-state index is 12.6. The van der Waals surface area contributed by atoms with Gasteiger partial charge in [-0.05, 0) is 55.0 Å². The van der Waals surface area contributed by atoms with Gasteiger partial charge in [-0.15, -0.1) is 0 Å². The van der Waals surface area contributed by atoms with Crippen molar-refractivity contribution in [3.63, 3.8) is 0 Å². The number of nitrogens with zero attached hydrogens (tertiary/aromatic N) is 2. The SMILES string of the molecule is Cn1nc(C2CC2)cc1C(=O)N[C@@H]1CCc2cc(Cl)ccc21. The van der Waals surface area contributed by atoms with Crippen LogP contribution in [0.3, 0.4) is 0 Å². The van der Waals surface area contributed by atoms with Crippen LogP contribution < -0.4 is 5.32 Å². The van der Waals surface area contributed by atoms with Gasteiger partial charge in [0.2, 0.25) is 0 Å². The average Bonchev–Trinajstić information content (AvgIpc) is 3.16. The van der Waals surface area contributed by atoms with Crippen molar-refractivity contribution in [3.05, 3.63) is 51.8 Å². The molecule has 1 aromatic heterocycles. The summed E-state index contributed by atoms with van der Waals surface area (Å²) in [7, 11) is 1.84. The summed E-state index contributed by atoms with van der Waals surface area (Å²) in [6.45, 7) is 0. The lowest BCUT2D eigenvalue weighted by Crippen LogP contribution is -2.28. The maximum Gasteiger partial charge on any atom is 0.270 e. The van der Waals surface area contributed by atoms with Crippen molar-refractivity contribution in [2.24, 2.45) is 7.05 Å². The summed E-state index contributed by atoms with van der Waals surface area (Å²) in [6.07, 6.45) is 4.26. The Morgan fingerprint density at radius 2 is 2.14 bits per heavy atom. The van der Waals surface area contributed by atoms with Gasteiger partial charge >= 0.3 is 0 Å². The molecule has 1 fully saturated rings. The Labute approximate surface area is 134 Å². The van der Waals surface area contributed by atoms with Crippen LogP contribution in [0.1, 0.15) is 58.5 Å². The minimum Gasteiger partial charge on any atom is -0.344 e. The predicted octanol–water partition coefficient (Wildman–Crippen LogP) is 3.37. The van der Waals surface area contributed by atoms with E-state index >= 15 is 0 Å². The Bertz CT molecular complexity index is 748. The molecule has 0 unspecified atom stereocenters. The summed E-state index contributed by atoms with van der Waals surface area (Å²) in [5.74, 6) is 0.511. The third kappa shape index (κ3) is 2.41. The number of amides is 1. The summed E-state index contributed by atoms with van der Waals surface area (Å²) in [6, 6.07) is 7.91. The van der Waals surface area contributed by atoms with Crippen LogP contribution in [0.15, 0.2) is 24.3 Å². The number of aromatic nitrogens is 2. The third-order valence-corrected chi connectivity index (χ3v) is 4.85. The summed E-state index contributed by atoms with van der Waals surface area (Å²) >= 11 is 6.03. The normalized spacial score (nSPS) is 20.0. The fraction of sp³-hybridized carbons (Fsp3) is 0.412. The molecule has 4 nitrogen and oxygen atoms in total. The quantitative estimate of drug-likeness (QED) is 0.944. The standard InChI is InChI=1S/C17H18ClN3O/c1-21-16(9-15(20-21)10-2-3-10)17(22)19-14-7-4-11-8-12(18)5-6-13(11)14/h5-6,8-10,14H,2-4,7H2,1H3,(H,19,22)/t14-/m1/s1. The van der Waals surface area contributed by atoms with E-state index in [1.807, 2.05) is 31.3 Å². The van der Waals surface area contributed by atoms with Gasteiger partial charge in [-0.25, -0.2) is 0 Å². The van der Waals surface area contributed by atoms with E-state index in [1.54, 1.807) is 4.68 Å². The first-order valence-corrected chi connectivity index (χ1v) is 8.13. The zero-order valence-electron chi connectivity index (χ0n) is 12.5. The van der Waals surface area contributed by atoms with Crippen molar-refractivity contribution in [1.29, 1.82) is 0 Å². The molecule has 2 aliphatic rings. The van der Waals surface area contributed by atoms with Crippen LogP contribution in [0, 0.1) is 0 Å². The van der Waals surface area contributed by atoms with Crippen LogP contribution >= 0.6 is 11.6 Å². The lowest BCUT2D eigenvalue weighted by atomic mass is 10.1. The van der Waals surface area contributed by atoms with Crippen molar-refractivity contribution in [2.45, 2.75) is 37.6 Å². The van der Waals surface area contributed by atoms with Crippen LogP contribution in [0.5, 0.6) is 0 Å². The highest BCUT2D eigenvalue weighted by molar-refractivity contribution is 6.30. The lowest BCUT2D eigenvalue weighted by Gasteiger charge is -2.14. The molecule has 1 heterocycles. The molecule has 2 aromatic rings. The zero-order chi connectivity index (χ0) is 15.3. The van der Waals surface area contributed by atoms with E-state index in [0.717, 1.165) is 23.6 Å². The number of halogens is 1. The highest BCUT2D eigenvalue weighted by Crippen LogP contribution is 2.39. The van der Waals surface area contributed by atoms with Gasteiger partial charge in [0.25, 0.3) is 5.91 Å². The van der Waals surface area contributed by atoms with E-state index in [1.165, 1.54) is 24.0 Å². The van der Waals surface area contributed by atoms with E-state index in [-0.39, 0.29) is 11.9 Å². The molecule has 1 amide bonds. The molecule has 22 heavy (non-hydrogen) atoms. The van der Waals surface area contributed by atoms with Gasteiger partial charge < -0.3 is 5.32 Å². The number of rotatable bonds is 3. The third-order valence-electron chi connectivity index (χ3n) is 4.62. The van der Waals surface area contributed by atoms with Gasteiger partial charge in [-0.1, -0.05) is 17.7 Å². The number of carbonyl (C=O) groups excluding carboxylic acids is 1. The van der Waals surface area contributed by atoms with E-state index in [0.29, 0.717) is 11.6 Å². The van der Waals surface area contributed by atoms with Crippen LogP contribution in [0.25, 0.3) is 0 Å². The number of benzene rings is 1. The Balaban J connectivity index is 1.53. The van der Waals surface area contributed by atoms with Crippen molar-refractivity contribution < 1.29 is 4.79 Å². The number of aryl methyl sites for hydroxylation is 2. The Hall–Kier alpha value is -1.81. The summed E-state index contributed by atoms with van der Waals surface area (Å²) < 4.78 is 1.70. The largest absolute Gasteiger partial charge is 0.344 e. The van der Waals surface area contributed by atoms with E-state index in [9.17, 15) is 4.79 Å². The van der Waals surface area contributed by atoms with E-state index < -0.39 is 0 Å². The molecule has 1 saturated carbocycles. The van der Waals surface area contributed by atoms with Crippen LogP contribution in [0.4, 0.5) is 0 Å². The molecule has 0 radical (unpaired) electrons. The number of nitrogens with one attached hydrogen (secondary N) is 1. The number of hydrogen-bond donors (Lipinski definition) is 1. The highest BCUT2D eigenvalue weighted by atomic mass is 35.5. The van der Waals surface area contributed by atoms with Gasteiger partial charge in [0.1, 0.15) is 5.69 Å². The molecular formula is C17H18ClN3O. The second-order valence-corrected chi connectivity index (χ2v) is 6.70. The van der Waals surface area contributed by atoms with Gasteiger partial charge in [-0.2, -0.15) is 5.10 Å². The molecule has 1 atom stereocenters. The molecule has 114 valence electrons. The lowest BCUT2D eigenvalue weighted by molar-refractivity contribution is 0.0927. The Morgan fingerprint density at radius 3 is 2.91 bits per heavy atom. The van der Waals surface area contributed by atoms with Crippen LogP contribution in [-0.4, -0.2) is 15.7 Å². The van der Waals surface area contributed by atoms with Gasteiger partial charge in [0.05, 0.1) is 11.7 Å². The summed E-state index contributed by atoms with van der Waals surface area (Å²) in [5.41, 5.74) is 4.11. The summed E-state index contributed by atoms with van der Waals surface area (Å²) in [5, 5.41) is 8.36. The van der Waals surface area contributed by atoms with E-state index in [2.05, 4.69) is 10.4 Å². The monoisotopic (exact) mass is 315 g/mol. The molecule has 4 rings (SSSR count). The molecule has 0 bridgehead atoms. The molecule has 0 aliphatic heterocycles. The second kappa shape index (κ2) is 5.13. The molecule has 0 saturated heterocycles. The first kappa shape index (κ1) is 13.8. The first-order chi connectivity index (χ1) is 10.6. The van der Waals surface area contributed by atoms with Crippen LogP contribution in [-0.2, 0) is 13.5 Å². The fourth-order valence-electron chi connectivity index (χ4n) is 3.25. The molecule has 1 N–H and O–H groups in total. The van der Waals surface area contributed by atoms with Crippen molar-refractivity contribution >= 4 is 17.5 Å². The molecule has 5 heteroatoms. The minimum absolute atomic E-state index is 0.0466. The molecular weight excluding hydrogens is 298 g/mol.